The van der Waals surface area contributed by atoms with Crippen LogP contribution >= 0.6 is 0 Å². The number of rotatable bonds is 4. The highest BCUT2D eigenvalue weighted by molar-refractivity contribution is 6.87. The van der Waals surface area contributed by atoms with Gasteiger partial charge in [0.15, 0.2) is 0 Å². The van der Waals surface area contributed by atoms with Crippen molar-refractivity contribution in [3.8, 4) is 12.0 Å². The third kappa shape index (κ3) is 2.04. The SMILES string of the molecule is C#C[Si](CC)(CC)CC=C. The van der Waals surface area contributed by atoms with E-state index in [9.17, 15) is 0 Å². The van der Waals surface area contributed by atoms with Gasteiger partial charge in [0, 0.05) is 0 Å². The topological polar surface area (TPSA) is 0 Å². The highest BCUT2D eigenvalue weighted by Gasteiger charge is 2.24. The molecule has 0 aliphatic carbocycles. The fraction of sp³-hybridized carbons (Fsp3) is 0.556. The summed E-state index contributed by atoms with van der Waals surface area (Å²) in [7, 11) is -1.31. The van der Waals surface area contributed by atoms with Gasteiger partial charge in [-0.3, -0.25) is 0 Å². The molecule has 10 heavy (non-hydrogen) atoms. The normalized spacial score (nSPS) is 10.5. The lowest BCUT2D eigenvalue weighted by molar-refractivity contribution is 1.25. The minimum Gasteiger partial charge on any atom is -0.134 e. The Morgan fingerprint density at radius 2 is 2.00 bits per heavy atom. The predicted molar refractivity (Wildman–Crippen MR) is 50.6 cm³/mol. The van der Waals surface area contributed by atoms with Gasteiger partial charge in [-0.2, -0.15) is 0 Å². The second-order valence-corrected chi connectivity index (χ2v) is 7.30. The number of terminal acetylenes is 1. The van der Waals surface area contributed by atoms with Crippen LogP contribution in [0.1, 0.15) is 13.8 Å². The van der Waals surface area contributed by atoms with E-state index in [0.717, 1.165) is 6.04 Å². The maximum atomic E-state index is 5.48. The summed E-state index contributed by atoms with van der Waals surface area (Å²) in [5, 5.41) is 0. The summed E-state index contributed by atoms with van der Waals surface area (Å²) in [6.07, 6.45) is 7.45. The molecular formula is C9H16Si. The number of allylic oxidation sites excluding steroid dienone is 1. The molecule has 0 amide bonds. The van der Waals surface area contributed by atoms with Gasteiger partial charge in [-0.1, -0.05) is 19.9 Å². The van der Waals surface area contributed by atoms with Gasteiger partial charge < -0.3 is 0 Å². The zero-order chi connectivity index (χ0) is 8.04. The average Bonchev–Trinajstić information content (AvgIpc) is 2.01. The van der Waals surface area contributed by atoms with E-state index in [1.54, 1.807) is 0 Å². The van der Waals surface area contributed by atoms with Crippen molar-refractivity contribution >= 4 is 8.07 Å². The molecule has 0 aromatic heterocycles. The molecule has 0 heterocycles. The largest absolute Gasteiger partial charge is 0.141 e. The first-order valence-corrected chi connectivity index (χ1v) is 6.45. The summed E-state index contributed by atoms with van der Waals surface area (Å²) in [6.45, 7) is 8.12. The molecule has 0 rings (SSSR count). The summed E-state index contributed by atoms with van der Waals surface area (Å²) < 4.78 is 0. The lowest BCUT2D eigenvalue weighted by atomic mass is 10.8. The minimum absolute atomic E-state index is 1.08. The van der Waals surface area contributed by atoms with Gasteiger partial charge in [0.2, 0.25) is 0 Å². The maximum Gasteiger partial charge on any atom is 0.141 e. The molecule has 0 radical (unpaired) electrons. The summed E-state index contributed by atoms with van der Waals surface area (Å²) >= 11 is 0. The smallest absolute Gasteiger partial charge is 0.134 e. The van der Waals surface area contributed by atoms with Gasteiger partial charge >= 0.3 is 0 Å². The molecule has 0 bridgehead atoms. The number of hydrogen-bond acceptors (Lipinski definition) is 0. The van der Waals surface area contributed by atoms with Crippen molar-refractivity contribution in [2.24, 2.45) is 0 Å². The van der Waals surface area contributed by atoms with Crippen molar-refractivity contribution in [3.63, 3.8) is 0 Å². The van der Waals surface area contributed by atoms with E-state index in [1.807, 2.05) is 6.08 Å². The Kier molecular flexibility index (Phi) is 4.14. The van der Waals surface area contributed by atoms with Crippen molar-refractivity contribution < 1.29 is 0 Å². The first-order chi connectivity index (χ1) is 4.74. The van der Waals surface area contributed by atoms with Crippen molar-refractivity contribution in [3.05, 3.63) is 12.7 Å². The molecular weight excluding hydrogens is 136 g/mol. The molecule has 0 saturated heterocycles. The minimum atomic E-state index is -1.31. The average molecular weight is 152 g/mol. The lowest BCUT2D eigenvalue weighted by Gasteiger charge is -2.19. The van der Waals surface area contributed by atoms with E-state index in [-0.39, 0.29) is 0 Å². The van der Waals surface area contributed by atoms with Crippen LogP contribution in [0.25, 0.3) is 0 Å². The molecule has 0 aliphatic rings. The molecule has 0 unspecified atom stereocenters. The highest BCUT2D eigenvalue weighted by Crippen LogP contribution is 2.19. The zero-order valence-electron chi connectivity index (χ0n) is 6.98. The number of hydrogen-bond donors (Lipinski definition) is 0. The molecule has 1 heteroatoms. The lowest BCUT2D eigenvalue weighted by Crippen LogP contribution is -2.29. The van der Waals surface area contributed by atoms with E-state index < -0.39 is 8.07 Å². The Morgan fingerprint density at radius 3 is 2.10 bits per heavy atom. The molecule has 0 spiro atoms. The van der Waals surface area contributed by atoms with Crippen LogP contribution in [0.5, 0.6) is 0 Å². The Bertz CT molecular complexity index is 137. The van der Waals surface area contributed by atoms with Crippen molar-refractivity contribution in [2.75, 3.05) is 0 Å². The first kappa shape index (κ1) is 9.52. The molecule has 0 nitrogen and oxygen atoms in total. The molecule has 0 N–H and O–H groups in total. The van der Waals surface area contributed by atoms with Crippen LogP contribution in [-0.2, 0) is 0 Å². The second-order valence-electron chi connectivity index (χ2n) is 2.62. The fourth-order valence-corrected chi connectivity index (χ4v) is 3.23. The van der Waals surface area contributed by atoms with Crippen molar-refractivity contribution in [1.29, 1.82) is 0 Å². The third-order valence-corrected chi connectivity index (χ3v) is 6.58. The molecule has 0 fully saturated rings. The quantitative estimate of drug-likeness (QED) is 0.330. The molecule has 56 valence electrons. The standard InChI is InChI=1S/C9H16Si/c1-5-9-10(6-2,7-3)8-4/h2,5H,1,7-9H2,3-4H3. The van der Waals surface area contributed by atoms with Crippen molar-refractivity contribution in [2.45, 2.75) is 32.0 Å². The van der Waals surface area contributed by atoms with Gasteiger partial charge in [-0.15, -0.1) is 18.5 Å². The Hall–Kier alpha value is -0.483. The summed E-state index contributed by atoms with van der Waals surface area (Å²) in [4.78, 5) is 0. The monoisotopic (exact) mass is 152 g/mol. The molecule has 0 aliphatic heterocycles. The van der Waals surface area contributed by atoms with Crippen LogP contribution in [0, 0.1) is 12.0 Å². The van der Waals surface area contributed by atoms with E-state index in [4.69, 9.17) is 6.42 Å². The van der Waals surface area contributed by atoms with Crippen LogP contribution in [0.4, 0.5) is 0 Å². The third-order valence-electron chi connectivity index (χ3n) is 2.19. The Morgan fingerprint density at radius 1 is 1.50 bits per heavy atom. The zero-order valence-corrected chi connectivity index (χ0v) is 7.98. The van der Waals surface area contributed by atoms with Crippen LogP contribution < -0.4 is 0 Å². The molecule has 0 aromatic carbocycles. The molecule has 0 aromatic rings. The van der Waals surface area contributed by atoms with Gasteiger partial charge in [-0.05, 0) is 18.1 Å². The molecule has 0 atom stereocenters. The van der Waals surface area contributed by atoms with Crippen LogP contribution in [0.3, 0.4) is 0 Å². The van der Waals surface area contributed by atoms with Crippen molar-refractivity contribution in [1.82, 2.24) is 0 Å². The van der Waals surface area contributed by atoms with E-state index in [2.05, 4.69) is 26.0 Å². The van der Waals surface area contributed by atoms with E-state index in [0.29, 0.717) is 0 Å². The highest BCUT2D eigenvalue weighted by atomic mass is 28.3. The summed E-state index contributed by atoms with van der Waals surface area (Å²) in [6, 6.07) is 3.45. The van der Waals surface area contributed by atoms with E-state index in [1.165, 1.54) is 12.1 Å². The van der Waals surface area contributed by atoms with E-state index >= 15 is 0 Å². The van der Waals surface area contributed by atoms with Gasteiger partial charge in [0.05, 0.1) is 0 Å². The first-order valence-electron chi connectivity index (χ1n) is 3.83. The Balaban J connectivity index is 4.18. The summed E-state index contributed by atoms with van der Waals surface area (Å²) in [5.74, 6) is 0. The van der Waals surface area contributed by atoms with Crippen LogP contribution in [-0.4, -0.2) is 8.07 Å². The van der Waals surface area contributed by atoms with Gasteiger partial charge in [0.25, 0.3) is 0 Å². The molecule has 0 saturated carbocycles. The Labute approximate surface area is 65.3 Å². The second kappa shape index (κ2) is 4.35. The van der Waals surface area contributed by atoms with Crippen LogP contribution in [0.15, 0.2) is 12.7 Å². The summed E-state index contributed by atoms with van der Waals surface area (Å²) in [5.41, 5.74) is 2.98. The van der Waals surface area contributed by atoms with Crippen LogP contribution in [0.2, 0.25) is 18.1 Å². The van der Waals surface area contributed by atoms with Gasteiger partial charge in [0.1, 0.15) is 8.07 Å². The fourth-order valence-electron chi connectivity index (χ4n) is 1.08. The maximum absolute atomic E-state index is 5.48. The predicted octanol–water partition coefficient (Wildman–Crippen LogP) is 2.83. The van der Waals surface area contributed by atoms with Gasteiger partial charge in [-0.25, -0.2) is 0 Å².